The van der Waals surface area contributed by atoms with Crippen molar-refractivity contribution in [2.45, 2.75) is 50.3 Å². The number of nitrogens with one attached hydrogen (secondary N) is 1. The summed E-state index contributed by atoms with van der Waals surface area (Å²) in [5.74, 6) is 0.450. The maximum atomic E-state index is 13.7. The maximum Gasteiger partial charge on any atom is 0.230 e. The molecule has 0 radical (unpaired) electrons. The van der Waals surface area contributed by atoms with Gasteiger partial charge in [-0.2, -0.15) is 5.26 Å². The first-order chi connectivity index (χ1) is 20.7. The van der Waals surface area contributed by atoms with Gasteiger partial charge in [-0.1, -0.05) is 79.4 Å². The number of rotatable bonds is 10. The Morgan fingerprint density at radius 2 is 1.93 bits per heavy atom. The van der Waals surface area contributed by atoms with Crippen molar-refractivity contribution < 1.29 is 14.3 Å². The first-order valence-electron chi connectivity index (χ1n) is 14.2. The van der Waals surface area contributed by atoms with Gasteiger partial charge in [-0.05, 0) is 48.4 Å². The van der Waals surface area contributed by atoms with Crippen LogP contribution in [0.4, 0.5) is 5.13 Å². The van der Waals surface area contributed by atoms with Gasteiger partial charge in [0.2, 0.25) is 11.0 Å². The molecule has 0 fully saturated rings. The molecule has 2 heterocycles. The molecular formula is C32H34N6O3S2. The number of allylic oxidation sites excluding steroid dienone is 3. The second-order valence-corrected chi connectivity index (χ2v) is 13.4. The van der Waals surface area contributed by atoms with Gasteiger partial charge in [-0.25, -0.2) is 0 Å². The van der Waals surface area contributed by atoms with Crippen molar-refractivity contribution in [3.05, 3.63) is 88.4 Å². The molecule has 0 spiro atoms. The highest BCUT2D eigenvalue weighted by Gasteiger charge is 2.45. The zero-order valence-corrected chi connectivity index (χ0v) is 26.1. The largest absolute Gasteiger partial charge is 0.494 e. The Morgan fingerprint density at radius 1 is 1.19 bits per heavy atom. The van der Waals surface area contributed by atoms with Gasteiger partial charge < -0.3 is 15.8 Å². The van der Waals surface area contributed by atoms with Crippen molar-refractivity contribution in [2.75, 3.05) is 23.8 Å². The van der Waals surface area contributed by atoms with Crippen LogP contribution in [0.5, 0.6) is 5.75 Å². The number of aromatic nitrogens is 2. The molecule has 9 nitrogen and oxygen atoms in total. The normalized spacial score (nSPS) is 17.9. The fourth-order valence-corrected chi connectivity index (χ4v) is 7.21. The SMILES string of the molecule is CCOc1ccc(C2C(C#N)=C(N)N(c3nnc(SCC(=O)NCCc4ccccc4)s3)C3=C2C(=O)CC(C)(C)C3)cc1. The van der Waals surface area contributed by atoms with Crippen LogP contribution in [0.25, 0.3) is 0 Å². The van der Waals surface area contributed by atoms with E-state index in [4.69, 9.17) is 10.5 Å². The average molecular weight is 615 g/mol. The molecule has 5 rings (SSSR count). The van der Waals surface area contributed by atoms with Gasteiger partial charge in [-0.15, -0.1) is 10.2 Å². The smallest absolute Gasteiger partial charge is 0.230 e. The van der Waals surface area contributed by atoms with Crippen molar-refractivity contribution in [3.8, 4) is 11.8 Å². The Balaban J connectivity index is 1.38. The van der Waals surface area contributed by atoms with Gasteiger partial charge in [0, 0.05) is 24.2 Å². The molecule has 1 aliphatic heterocycles. The molecule has 3 N–H and O–H groups in total. The quantitative estimate of drug-likeness (QED) is 0.291. The third kappa shape index (κ3) is 6.76. The number of ether oxygens (including phenoxy) is 1. The molecule has 1 aromatic heterocycles. The van der Waals surface area contributed by atoms with Crippen LogP contribution >= 0.6 is 23.1 Å². The van der Waals surface area contributed by atoms with Crippen LogP contribution in [0, 0.1) is 16.7 Å². The number of ketones is 1. The minimum Gasteiger partial charge on any atom is -0.494 e. The number of hydrogen-bond donors (Lipinski definition) is 2. The molecule has 43 heavy (non-hydrogen) atoms. The summed E-state index contributed by atoms with van der Waals surface area (Å²) in [6.45, 7) is 7.11. The predicted molar refractivity (Wildman–Crippen MR) is 168 cm³/mol. The van der Waals surface area contributed by atoms with Crippen molar-refractivity contribution in [3.63, 3.8) is 0 Å². The lowest BCUT2D eigenvalue weighted by molar-refractivity contribution is -0.119. The highest BCUT2D eigenvalue weighted by atomic mass is 32.2. The third-order valence-electron chi connectivity index (χ3n) is 7.40. The summed E-state index contributed by atoms with van der Waals surface area (Å²) < 4.78 is 6.19. The lowest BCUT2D eigenvalue weighted by Crippen LogP contribution is -2.42. The highest BCUT2D eigenvalue weighted by molar-refractivity contribution is 8.01. The number of amides is 1. The van der Waals surface area contributed by atoms with Crippen LogP contribution in [0.2, 0.25) is 0 Å². The summed E-state index contributed by atoms with van der Waals surface area (Å²) in [6.07, 6.45) is 1.70. The second-order valence-electron chi connectivity index (χ2n) is 11.2. The topological polar surface area (TPSA) is 134 Å². The molecule has 1 unspecified atom stereocenters. The van der Waals surface area contributed by atoms with Crippen molar-refractivity contribution in [1.82, 2.24) is 15.5 Å². The summed E-state index contributed by atoms with van der Waals surface area (Å²) in [5, 5.41) is 22.4. The van der Waals surface area contributed by atoms with Gasteiger partial charge in [0.25, 0.3) is 0 Å². The zero-order valence-electron chi connectivity index (χ0n) is 24.4. The van der Waals surface area contributed by atoms with Crippen molar-refractivity contribution >= 4 is 39.9 Å². The molecule has 1 amide bonds. The molecule has 2 aliphatic rings. The van der Waals surface area contributed by atoms with Gasteiger partial charge in [0.1, 0.15) is 11.6 Å². The van der Waals surface area contributed by atoms with Crippen LogP contribution in [0.15, 0.2) is 81.6 Å². The average Bonchev–Trinajstić information content (AvgIpc) is 3.44. The number of carbonyl (C=O) groups excluding carboxylic acids is 2. The van der Waals surface area contributed by atoms with E-state index < -0.39 is 5.92 Å². The maximum absolute atomic E-state index is 13.7. The minimum absolute atomic E-state index is 0.0123. The molecular weight excluding hydrogens is 581 g/mol. The molecule has 3 aromatic rings. The summed E-state index contributed by atoms with van der Waals surface area (Å²) >= 11 is 2.57. The lowest BCUT2D eigenvalue weighted by atomic mass is 9.68. The number of nitrogens with zero attached hydrogens (tertiary/aromatic N) is 4. The van der Waals surface area contributed by atoms with E-state index in [-0.39, 0.29) is 34.3 Å². The zero-order chi connectivity index (χ0) is 30.6. The monoisotopic (exact) mass is 614 g/mol. The Morgan fingerprint density at radius 3 is 2.63 bits per heavy atom. The number of Topliss-reactive ketones (excluding diaryl/α,β-unsaturated/α-hetero) is 1. The summed E-state index contributed by atoms with van der Waals surface area (Å²) in [7, 11) is 0. The number of anilines is 1. The Labute approximate surface area is 259 Å². The van der Waals surface area contributed by atoms with Crippen LogP contribution < -0.4 is 20.7 Å². The van der Waals surface area contributed by atoms with E-state index in [0.29, 0.717) is 46.8 Å². The van der Waals surface area contributed by atoms with E-state index in [0.717, 1.165) is 23.2 Å². The first kappa shape index (κ1) is 30.3. The first-order valence-corrected chi connectivity index (χ1v) is 16.0. The van der Waals surface area contributed by atoms with E-state index in [1.807, 2.05) is 61.5 Å². The second kappa shape index (κ2) is 13.0. The molecule has 2 aromatic carbocycles. The Kier molecular flexibility index (Phi) is 9.18. The highest BCUT2D eigenvalue weighted by Crippen LogP contribution is 2.50. The molecule has 0 saturated heterocycles. The Bertz CT molecular complexity index is 1610. The van der Waals surface area contributed by atoms with Crippen LogP contribution in [0.3, 0.4) is 0 Å². The molecule has 1 atom stereocenters. The fourth-order valence-electron chi connectivity index (χ4n) is 5.50. The fraction of sp³-hybridized carbons (Fsp3) is 0.344. The van der Waals surface area contributed by atoms with Gasteiger partial charge in [0.05, 0.1) is 29.9 Å². The molecule has 11 heteroatoms. The van der Waals surface area contributed by atoms with E-state index in [1.54, 1.807) is 4.90 Å². The van der Waals surface area contributed by atoms with E-state index in [2.05, 4.69) is 35.4 Å². The number of thioether (sulfide) groups is 1. The van der Waals surface area contributed by atoms with E-state index in [9.17, 15) is 14.9 Å². The Hall–Kier alpha value is -4.14. The van der Waals surface area contributed by atoms with Gasteiger partial charge in [0.15, 0.2) is 10.1 Å². The number of nitrogens with two attached hydrogens (primary N) is 1. The molecule has 1 aliphatic carbocycles. The summed E-state index contributed by atoms with van der Waals surface area (Å²) in [5.41, 5.74) is 9.98. The van der Waals surface area contributed by atoms with Crippen molar-refractivity contribution in [1.29, 1.82) is 5.26 Å². The van der Waals surface area contributed by atoms with Gasteiger partial charge in [-0.3, -0.25) is 14.5 Å². The number of hydrogen-bond acceptors (Lipinski definition) is 10. The predicted octanol–water partition coefficient (Wildman–Crippen LogP) is 5.33. The number of benzene rings is 2. The van der Waals surface area contributed by atoms with Gasteiger partial charge >= 0.3 is 0 Å². The third-order valence-corrected chi connectivity index (χ3v) is 9.44. The number of carbonyl (C=O) groups is 2. The standard InChI is InChI=1S/C32H34N6O3S2/c1-4-41-22-12-10-21(11-13-22)27-23(18-33)29(34)38(24-16-32(2,3)17-25(39)28(24)27)30-36-37-31(43-30)42-19-26(40)35-15-14-20-8-6-5-7-9-20/h5-13,27H,4,14-17,19,34H2,1-3H3,(H,35,40). The lowest BCUT2D eigenvalue weighted by Gasteiger charge is -2.42. The number of nitriles is 1. The minimum atomic E-state index is -0.586. The van der Waals surface area contributed by atoms with E-state index >= 15 is 0 Å². The van der Waals surface area contributed by atoms with Crippen molar-refractivity contribution in [2.24, 2.45) is 11.1 Å². The van der Waals surface area contributed by atoms with Crippen LogP contribution in [-0.2, 0) is 16.0 Å². The summed E-state index contributed by atoms with van der Waals surface area (Å²) in [4.78, 5) is 27.9. The molecule has 0 saturated carbocycles. The van der Waals surface area contributed by atoms with Crippen LogP contribution in [0.1, 0.15) is 50.7 Å². The molecule has 222 valence electrons. The summed E-state index contributed by atoms with van der Waals surface area (Å²) in [6, 6.07) is 19.7. The van der Waals surface area contributed by atoms with Crippen LogP contribution in [-0.4, -0.2) is 40.8 Å². The molecule has 0 bridgehead atoms. The van der Waals surface area contributed by atoms with E-state index in [1.165, 1.54) is 23.1 Å².